The third kappa shape index (κ3) is 3.43. The first-order valence-electron chi connectivity index (χ1n) is 5.43. The Labute approximate surface area is 122 Å². The van der Waals surface area contributed by atoms with E-state index in [2.05, 4.69) is 20.3 Å². The molecule has 0 saturated heterocycles. The van der Waals surface area contributed by atoms with Gasteiger partial charge >= 0.3 is 0 Å². The number of amides is 1. The second-order valence-corrected chi connectivity index (χ2v) is 5.48. The van der Waals surface area contributed by atoms with Crippen molar-refractivity contribution < 1.29 is 4.79 Å². The fourth-order valence-corrected chi connectivity index (χ4v) is 2.59. The minimum atomic E-state index is -0.497. The molecule has 0 atom stereocenters. The molecule has 20 heavy (non-hydrogen) atoms. The summed E-state index contributed by atoms with van der Waals surface area (Å²) in [6, 6.07) is 1.78. The van der Waals surface area contributed by atoms with Gasteiger partial charge < -0.3 is 10.3 Å². The number of hydrogen-bond acceptors (Lipinski definition) is 7. The Morgan fingerprint density at radius 1 is 1.65 bits per heavy atom. The smallest absolute Gasteiger partial charge is 0.269 e. The molecule has 0 fully saturated rings. The van der Waals surface area contributed by atoms with Gasteiger partial charge in [0.2, 0.25) is 5.91 Å². The SMILES string of the molecule is Cc1nc(SCC(=O)Nc2nccs2)[nH]c(=O)c1C#N. The van der Waals surface area contributed by atoms with E-state index in [1.54, 1.807) is 24.6 Å². The van der Waals surface area contributed by atoms with E-state index in [4.69, 9.17) is 5.26 Å². The zero-order valence-corrected chi connectivity index (χ0v) is 12.0. The fraction of sp³-hybridized carbons (Fsp3) is 0.182. The van der Waals surface area contributed by atoms with Gasteiger partial charge in [-0.25, -0.2) is 9.97 Å². The number of thioether (sulfide) groups is 1. The highest BCUT2D eigenvalue weighted by molar-refractivity contribution is 7.99. The number of anilines is 1. The maximum Gasteiger partial charge on any atom is 0.269 e. The largest absolute Gasteiger partial charge is 0.301 e. The number of aromatic nitrogens is 3. The molecular formula is C11H9N5O2S2. The number of hydrogen-bond donors (Lipinski definition) is 2. The van der Waals surface area contributed by atoms with Gasteiger partial charge in [0.1, 0.15) is 11.6 Å². The average Bonchev–Trinajstić information content (AvgIpc) is 2.89. The van der Waals surface area contributed by atoms with Crippen LogP contribution in [-0.4, -0.2) is 26.6 Å². The van der Waals surface area contributed by atoms with Crippen LogP contribution in [0.15, 0.2) is 21.5 Å². The molecule has 2 rings (SSSR count). The van der Waals surface area contributed by atoms with Crippen LogP contribution in [-0.2, 0) is 4.79 Å². The molecule has 0 aromatic carbocycles. The summed E-state index contributed by atoms with van der Waals surface area (Å²) in [4.78, 5) is 33.7. The molecule has 0 aliphatic carbocycles. The van der Waals surface area contributed by atoms with E-state index >= 15 is 0 Å². The van der Waals surface area contributed by atoms with Crippen LogP contribution in [0, 0.1) is 18.3 Å². The van der Waals surface area contributed by atoms with E-state index in [-0.39, 0.29) is 17.2 Å². The first kappa shape index (κ1) is 14.2. The van der Waals surface area contributed by atoms with Gasteiger partial charge in [-0.1, -0.05) is 11.8 Å². The van der Waals surface area contributed by atoms with E-state index in [1.807, 2.05) is 0 Å². The Bertz CT molecular complexity index is 717. The molecule has 0 bridgehead atoms. The fourth-order valence-electron chi connectivity index (χ4n) is 1.33. The van der Waals surface area contributed by atoms with Gasteiger partial charge in [-0.05, 0) is 6.92 Å². The molecule has 1 amide bonds. The van der Waals surface area contributed by atoms with Gasteiger partial charge in [0.15, 0.2) is 10.3 Å². The van der Waals surface area contributed by atoms with Crippen LogP contribution in [0.25, 0.3) is 0 Å². The van der Waals surface area contributed by atoms with Crippen LogP contribution in [0.3, 0.4) is 0 Å². The summed E-state index contributed by atoms with van der Waals surface area (Å²) in [6.45, 7) is 1.58. The van der Waals surface area contributed by atoms with Crippen LogP contribution in [0.4, 0.5) is 5.13 Å². The van der Waals surface area contributed by atoms with Gasteiger partial charge in [-0.2, -0.15) is 5.26 Å². The quantitative estimate of drug-likeness (QED) is 0.647. The van der Waals surface area contributed by atoms with Gasteiger partial charge in [0.05, 0.1) is 11.4 Å². The first-order valence-corrected chi connectivity index (χ1v) is 7.30. The molecular weight excluding hydrogens is 298 g/mol. The second kappa shape index (κ2) is 6.31. The number of aromatic amines is 1. The molecule has 9 heteroatoms. The maximum atomic E-state index is 11.6. The van der Waals surface area contributed by atoms with Crippen molar-refractivity contribution in [3.05, 3.63) is 33.2 Å². The van der Waals surface area contributed by atoms with Crippen molar-refractivity contribution in [3.63, 3.8) is 0 Å². The molecule has 0 unspecified atom stereocenters. The number of carbonyl (C=O) groups excluding carboxylic acids is 1. The van der Waals surface area contributed by atoms with E-state index in [1.165, 1.54) is 11.3 Å². The Kier molecular flexibility index (Phi) is 4.49. The van der Waals surface area contributed by atoms with Crippen molar-refractivity contribution >= 4 is 34.1 Å². The number of nitriles is 1. The first-order chi connectivity index (χ1) is 9.60. The Morgan fingerprint density at radius 3 is 3.05 bits per heavy atom. The summed E-state index contributed by atoms with van der Waals surface area (Å²) >= 11 is 2.41. The summed E-state index contributed by atoms with van der Waals surface area (Å²) in [5, 5.41) is 14.0. The molecule has 0 spiro atoms. The number of thiazole rings is 1. The van der Waals surface area contributed by atoms with Crippen molar-refractivity contribution in [3.8, 4) is 6.07 Å². The molecule has 0 radical (unpaired) electrons. The monoisotopic (exact) mass is 307 g/mol. The summed E-state index contributed by atoms with van der Waals surface area (Å²) in [6.07, 6.45) is 1.59. The molecule has 7 nitrogen and oxygen atoms in total. The lowest BCUT2D eigenvalue weighted by atomic mass is 10.3. The molecule has 102 valence electrons. The molecule has 2 aromatic rings. The highest BCUT2D eigenvalue weighted by atomic mass is 32.2. The zero-order chi connectivity index (χ0) is 14.5. The van der Waals surface area contributed by atoms with Gasteiger partial charge in [-0.15, -0.1) is 11.3 Å². The van der Waals surface area contributed by atoms with Crippen LogP contribution in [0.2, 0.25) is 0 Å². The number of nitrogens with zero attached hydrogens (tertiary/aromatic N) is 3. The maximum absolute atomic E-state index is 11.6. The number of rotatable bonds is 4. The Hall–Kier alpha value is -2.18. The lowest BCUT2D eigenvalue weighted by molar-refractivity contribution is -0.113. The van der Waals surface area contributed by atoms with Crippen LogP contribution < -0.4 is 10.9 Å². The van der Waals surface area contributed by atoms with Crippen molar-refractivity contribution in [1.82, 2.24) is 15.0 Å². The number of H-pyrrole nitrogens is 1. The topological polar surface area (TPSA) is 112 Å². The highest BCUT2D eigenvalue weighted by Crippen LogP contribution is 2.14. The van der Waals surface area contributed by atoms with Gasteiger partial charge in [0, 0.05) is 11.6 Å². The predicted molar refractivity (Wildman–Crippen MR) is 75.8 cm³/mol. The predicted octanol–water partition coefficient (Wildman–Crippen LogP) is 1.14. The average molecular weight is 307 g/mol. The minimum absolute atomic E-state index is 0.0124. The van der Waals surface area contributed by atoms with Crippen LogP contribution >= 0.6 is 23.1 Å². The normalized spacial score (nSPS) is 10.0. The number of nitrogens with one attached hydrogen (secondary N) is 2. The molecule has 2 heterocycles. The molecule has 0 aliphatic rings. The van der Waals surface area contributed by atoms with Crippen LogP contribution in [0.1, 0.15) is 11.3 Å². The highest BCUT2D eigenvalue weighted by Gasteiger charge is 2.10. The molecule has 2 N–H and O–H groups in total. The van der Waals surface area contributed by atoms with Crippen molar-refractivity contribution in [2.75, 3.05) is 11.1 Å². The van der Waals surface area contributed by atoms with E-state index in [0.29, 0.717) is 16.0 Å². The molecule has 0 aliphatic heterocycles. The lowest BCUT2D eigenvalue weighted by Crippen LogP contribution is -2.17. The third-order valence-corrected chi connectivity index (χ3v) is 3.77. The zero-order valence-electron chi connectivity index (χ0n) is 10.3. The minimum Gasteiger partial charge on any atom is -0.301 e. The van der Waals surface area contributed by atoms with E-state index in [0.717, 1.165) is 11.8 Å². The third-order valence-electron chi connectivity index (χ3n) is 2.21. The number of carbonyl (C=O) groups is 1. The summed E-state index contributed by atoms with van der Waals surface area (Å²) in [5.41, 5.74) is -0.163. The van der Waals surface area contributed by atoms with E-state index in [9.17, 15) is 9.59 Å². The van der Waals surface area contributed by atoms with Gasteiger partial charge in [-0.3, -0.25) is 9.59 Å². The Morgan fingerprint density at radius 2 is 2.45 bits per heavy atom. The van der Waals surface area contributed by atoms with E-state index < -0.39 is 5.56 Å². The molecule has 2 aromatic heterocycles. The van der Waals surface area contributed by atoms with Crippen molar-refractivity contribution in [2.45, 2.75) is 12.1 Å². The second-order valence-electron chi connectivity index (χ2n) is 3.62. The van der Waals surface area contributed by atoms with Crippen molar-refractivity contribution in [1.29, 1.82) is 5.26 Å². The summed E-state index contributed by atoms with van der Waals surface area (Å²) in [5.74, 6) is -0.150. The molecule has 0 saturated carbocycles. The summed E-state index contributed by atoms with van der Waals surface area (Å²) in [7, 11) is 0. The van der Waals surface area contributed by atoms with Crippen LogP contribution in [0.5, 0.6) is 0 Å². The standard InChI is InChI=1S/C11H9N5O2S2/c1-6-7(4-12)9(18)16-11(14-6)20-5-8(17)15-10-13-2-3-19-10/h2-3H,5H2,1H3,(H,13,15,17)(H,14,16,18). The van der Waals surface area contributed by atoms with Crippen molar-refractivity contribution in [2.24, 2.45) is 0 Å². The summed E-state index contributed by atoms with van der Waals surface area (Å²) < 4.78 is 0. The number of aryl methyl sites for hydroxylation is 1. The Balaban J connectivity index is 1.99. The lowest BCUT2D eigenvalue weighted by Gasteiger charge is -2.03. The van der Waals surface area contributed by atoms with Gasteiger partial charge in [0.25, 0.3) is 5.56 Å².